The van der Waals surface area contributed by atoms with Crippen LogP contribution in [-0.4, -0.2) is 44.0 Å². The van der Waals surface area contributed by atoms with E-state index in [1.807, 2.05) is 31.2 Å². The molecule has 2 aliphatic heterocycles. The van der Waals surface area contributed by atoms with Crippen molar-refractivity contribution < 1.29 is 9.59 Å². The highest BCUT2D eigenvalue weighted by atomic mass is 16.2. The van der Waals surface area contributed by atoms with E-state index in [1.54, 1.807) is 0 Å². The molecule has 0 unspecified atom stereocenters. The molecule has 0 saturated carbocycles. The van der Waals surface area contributed by atoms with E-state index in [-0.39, 0.29) is 30.5 Å². The maximum absolute atomic E-state index is 12.8. The number of carbonyl (C=O) groups excluding carboxylic acids is 2. The number of amides is 1. The standard InChI is InChI=1S/C18H20N4O3/c1-12-5-7-13(8-6-12)9-21-18(25)22-15(3-2-4-16(22)19-21)17(24)20-10-14(23)11-20/h5-8,15H,2-4,9-11H2,1H3/t15-/m1/s1. The molecule has 0 spiro atoms. The first-order valence-electron chi connectivity index (χ1n) is 8.57. The van der Waals surface area contributed by atoms with Gasteiger partial charge in [-0.2, -0.15) is 5.10 Å². The summed E-state index contributed by atoms with van der Waals surface area (Å²) in [5.41, 5.74) is 1.91. The Kier molecular flexibility index (Phi) is 3.78. The monoisotopic (exact) mass is 340 g/mol. The Balaban J connectivity index is 1.62. The van der Waals surface area contributed by atoms with Crippen molar-refractivity contribution in [1.29, 1.82) is 0 Å². The molecule has 1 atom stereocenters. The van der Waals surface area contributed by atoms with Crippen molar-refractivity contribution in [2.24, 2.45) is 0 Å². The number of aryl methyl sites for hydroxylation is 2. The second-order valence-corrected chi connectivity index (χ2v) is 6.85. The minimum absolute atomic E-state index is 0.0618. The van der Waals surface area contributed by atoms with Gasteiger partial charge in [0, 0.05) is 6.42 Å². The van der Waals surface area contributed by atoms with Gasteiger partial charge in [0.2, 0.25) is 5.91 Å². The highest BCUT2D eigenvalue weighted by Gasteiger charge is 2.37. The summed E-state index contributed by atoms with van der Waals surface area (Å²) in [5.74, 6) is 0.581. The highest BCUT2D eigenvalue weighted by molar-refractivity contribution is 5.97. The van der Waals surface area contributed by atoms with Gasteiger partial charge in [0.25, 0.3) is 0 Å². The van der Waals surface area contributed by atoms with Crippen LogP contribution in [0.1, 0.15) is 35.8 Å². The first-order valence-corrected chi connectivity index (χ1v) is 8.57. The van der Waals surface area contributed by atoms with Crippen LogP contribution >= 0.6 is 0 Å². The number of hydrogen-bond acceptors (Lipinski definition) is 4. The van der Waals surface area contributed by atoms with Crippen LogP contribution in [0.2, 0.25) is 0 Å². The normalized spacial score (nSPS) is 19.5. The SMILES string of the molecule is Cc1ccc(Cn2nc3n(c2=O)[C@@H](C(=O)N2CC(=O)C2)CCC3)cc1. The molecule has 7 nitrogen and oxygen atoms in total. The van der Waals surface area contributed by atoms with Gasteiger partial charge in [-0.25, -0.2) is 9.48 Å². The van der Waals surface area contributed by atoms with Gasteiger partial charge in [-0.1, -0.05) is 29.8 Å². The van der Waals surface area contributed by atoms with Gasteiger partial charge in [0.05, 0.1) is 19.6 Å². The maximum atomic E-state index is 12.8. The van der Waals surface area contributed by atoms with Crippen LogP contribution in [0.15, 0.2) is 29.1 Å². The highest BCUT2D eigenvalue weighted by Crippen LogP contribution is 2.25. The molecule has 1 saturated heterocycles. The minimum Gasteiger partial charge on any atom is -0.326 e. The molecule has 2 aliphatic rings. The van der Waals surface area contributed by atoms with E-state index < -0.39 is 6.04 Å². The lowest BCUT2D eigenvalue weighted by atomic mass is 10.0. The molecule has 3 heterocycles. The van der Waals surface area contributed by atoms with Crippen molar-refractivity contribution in [1.82, 2.24) is 19.2 Å². The smallest absolute Gasteiger partial charge is 0.326 e. The molecule has 1 aromatic carbocycles. The second-order valence-electron chi connectivity index (χ2n) is 6.85. The Morgan fingerprint density at radius 3 is 2.60 bits per heavy atom. The van der Waals surface area contributed by atoms with Crippen molar-refractivity contribution in [2.45, 2.75) is 38.8 Å². The number of hydrogen-bond donors (Lipinski definition) is 0. The van der Waals surface area contributed by atoms with Crippen molar-refractivity contribution in [3.05, 3.63) is 51.7 Å². The fraction of sp³-hybridized carbons (Fsp3) is 0.444. The molecule has 2 aromatic rings. The van der Waals surface area contributed by atoms with Gasteiger partial charge in [-0.3, -0.25) is 14.2 Å². The zero-order chi connectivity index (χ0) is 17.6. The van der Waals surface area contributed by atoms with E-state index in [4.69, 9.17) is 0 Å². The van der Waals surface area contributed by atoms with Gasteiger partial charge in [0.1, 0.15) is 11.9 Å². The first kappa shape index (κ1) is 15.8. The number of carbonyl (C=O) groups is 2. The van der Waals surface area contributed by atoms with Crippen LogP contribution in [0.4, 0.5) is 0 Å². The Morgan fingerprint density at radius 1 is 1.20 bits per heavy atom. The van der Waals surface area contributed by atoms with Crippen molar-refractivity contribution in [2.75, 3.05) is 13.1 Å². The number of Topliss-reactive ketones (excluding diaryl/α,β-unsaturated/α-hetero) is 1. The zero-order valence-corrected chi connectivity index (χ0v) is 14.1. The first-order chi connectivity index (χ1) is 12.0. The summed E-state index contributed by atoms with van der Waals surface area (Å²) >= 11 is 0. The van der Waals surface area contributed by atoms with Crippen LogP contribution in [-0.2, 0) is 22.6 Å². The average molecular weight is 340 g/mol. The second kappa shape index (κ2) is 5.98. The fourth-order valence-corrected chi connectivity index (χ4v) is 3.48. The summed E-state index contributed by atoms with van der Waals surface area (Å²) < 4.78 is 2.97. The van der Waals surface area contributed by atoms with Gasteiger partial charge in [0.15, 0.2) is 5.78 Å². The lowest BCUT2D eigenvalue weighted by Gasteiger charge is -2.34. The number of fused-ring (bicyclic) bond motifs is 1. The van der Waals surface area contributed by atoms with Crippen LogP contribution in [0.25, 0.3) is 0 Å². The third kappa shape index (κ3) is 2.79. The van der Waals surface area contributed by atoms with Gasteiger partial charge in [-0.15, -0.1) is 0 Å². The molecular weight excluding hydrogens is 320 g/mol. The van der Waals surface area contributed by atoms with Crippen LogP contribution < -0.4 is 5.69 Å². The Morgan fingerprint density at radius 2 is 1.92 bits per heavy atom. The quantitative estimate of drug-likeness (QED) is 0.824. The van der Waals surface area contributed by atoms with Gasteiger partial charge in [-0.05, 0) is 25.3 Å². The van der Waals surface area contributed by atoms with Crippen molar-refractivity contribution in [3.63, 3.8) is 0 Å². The summed E-state index contributed by atoms with van der Waals surface area (Å²) in [6.07, 6.45) is 2.13. The molecule has 1 amide bonds. The fourth-order valence-electron chi connectivity index (χ4n) is 3.48. The number of ketones is 1. The number of likely N-dealkylation sites (tertiary alicyclic amines) is 1. The Bertz CT molecular complexity index is 886. The van der Waals surface area contributed by atoms with E-state index in [1.165, 1.54) is 14.1 Å². The molecule has 4 rings (SSSR count). The number of nitrogens with zero attached hydrogens (tertiary/aromatic N) is 4. The molecule has 130 valence electrons. The van der Waals surface area contributed by atoms with E-state index in [9.17, 15) is 14.4 Å². The summed E-state index contributed by atoms with van der Waals surface area (Å²) in [5, 5.41) is 4.45. The molecule has 0 N–H and O–H groups in total. The minimum atomic E-state index is -0.531. The topological polar surface area (TPSA) is 77.2 Å². The van der Waals surface area contributed by atoms with Crippen LogP contribution in [0.5, 0.6) is 0 Å². The van der Waals surface area contributed by atoms with Crippen LogP contribution in [0, 0.1) is 6.92 Å². The molecule has 1 aromatic heterocycles. The van der Waals surface area contributed by atoms with E-state index in [0.717, 1.165) is 17.5 Å². The molecule has 25 heavy (non-hydrogen) atoms. The van der Waals surface area contributed by atoms with Crippen molar-refractivity contribution >= 4 is 11.7 Å². The molecule has 0 bridgehead atoms. The Labute approximate surface area is 144 Å². The lowest BCUT2D eigenvalue weighted by Crippen LogP contribution is -2.54. The van der Waals surface area contributed by atoms with E-state index in [2.05, 4.69) is 5.10 Å². The average Bonchev–Trinajstić information content (AvgIpc) is 2.89. The molecular formula is C18H20N4O3. The van der Waals surface area contributed by atoms with E-state index >= 15 is 0 Å². The zero-order valence-electron chi connectivity index (χ0n) is 14.1. The predicted octanol–water partition coefficient (Wildman–Crippen LogP) is 0.690. The number of aromatic nitrogens is 3. The number of rotatable bonds is 3. The third-order valence-electron chi connectivity index (χ3n) is 4.91. The molecule has 0 radical (unpaired) electrons. The third-order valence-corrected chi connectivity index (χ3v) is 4.91. The number of benzene rings is 1. The Hall–Kier alpha value is -2.70. The van der Waals surface area contributed by atoms with Gasteiger partial charge < -0.3 is 4.90 Å². The van der Waals surface area contributed by atoms with Gasteiger partial charge >= 0.3 is 5.69 Å². The lowest BCUT2D eigenvalue weighted by molar-refractivity contribution is -0.148. The summed E-state index contributed by atoms with van der Waals surface area (Å²) in [4.78, 5) is 38.1. The molecule has 7 heteroatoms. The summed E-state index contributed by atoms with van der Waals surface area (Å²) in [6, 6.07) is 7.44. The van der Waals surface area contributed by atoms with E-state index in [0.29, 0.717) is 25.2 Å². The largest absolute Gasteiger partial charge is 0.346 e. The van der Waals surface area contributed by atoms with Crippen LogP contribution in [0.3, 0.4) is 0 Å². The predicted molar refractivity (Wildman–Crippen MR) is 90.3 cm³/mol. The molecule has 1 fully saturated rings. The molecule has 0 aliphatic carbocycles. The maximum Gasteiger partial charge on any atom is 0.346 e. The summed E-state index contributed by atoms with van der Waals surface area (Å²) in [6.45, 7) is 2.73. The van der Waals surface area contributed by atoms with Crippen molar-refractivity contribution in [3.8, 4) is 0 Å². The summed E-state index contributed by atoms with van der Waals surface area (Å²) in [7, 11) is 0.